The molecule has 0 bridgehead atoms. The minimum atomic E-state index is -0.728. The lowest BCUT2D eigenvalue weighted by Gasteiger charge is -2.21. The van der Waals surface area contributed by atoms with Crippen LogP contribution in [0.3, 0.4) is 0 Å². The van der Waals surface area contributed by atoms with Crippen molar-refractivity contribution in [3.05, 3.63) is 42.5 Å². The van der Waals surface area contributed by atoms with Gasteiger partial charge in [0.15, 0.2) is 0 Å². The van der Waals surface area contributed by atoms with E-state index in [1.54, 1.807) is 6.08 Å². The van der Waals surface area contributed by atoms with Gasteiger partial charge in [-0.2, -0.15) is 0 Å². The fourth-order valence-corrected chi connectivity index (χ4v) is 4.72. The van der Waals surface area contributed by atoms with Crippen LogP contribution in [0.5, 0.6) is 5.75 Å². The summed E-state index contributed by atoms with van der Waals surface area (Å²) in [6.45, 7) is 3.11. The molecule has 6 nitrogen and oxygen atoms in total. The second kappa shape index (κ2) is 12.2. The number of aliphatic hydroxyl groups is 2. The molecule has 0 unspecified atom stereocenters. The van der Waals surface area contributed by atoms with Crippen molar-refractivity contribution in [1.82, 2.24) is 0 Å². The summed E-state index contributed by atoms with van der Waals surface area (Å²) in [5.74, 6) is 1.27. The van der Waals surface area contributed by atoms with Crippen molar-refractivity contribution < 1.29 is 29.2 Å². The van der Waals surface area contributed by atoms with Crippen LogP contribution in [-0.4, -0.2) is 54.3 Å². The normalized spacial score (nSPS) is 29.3. The van der Waals surface area contributed by atoms with Crippen molar-refractivity contribution in [1.29, 1.82) is 0 Å². The third-order valence-electron chi connectivity index (χ3n) is 6.36. The number of esters is 1. The number of hydrogen-bond acceptors (Lipinski definition) is 6. The highest BCUT2D eigenvalue weighted by Crippen LogP contribution is 2.42. The summed E-state index contributed by atoms with van der Waals surface area (Å²) in [7, 11) is 0. The quantitative estimate of drug-likeness (QED) is 0.435. The molecule has 1 aromatic carbocycles. The highest BCUT2D eigenvalue weighted by Gasteiger charge is 2.43. The lowest BCUT2D eigenvalue weighted by molar-refractivity contribution is -0.143. The van der Waals surface area contributed by atoms with E-state index in [1.165, 1.54) is 0 Å². The van der Waals surface area contributed by atoms with Crippen molar-refractivity contribution in [2.24, 2.45) is 17.8 Å². The van der Waals surface area contributed by atoms with Gasteiger partial charge in [0, 0.05) is 25.4 Å². The maximum Gasteiger partial charge on any atom is 0.305 e. The van der Waals surface area contributed by atoms with Crippen LogP contribution in [0.1, 0.15) is 45.4 Å². The first-order valence-corrected chi connectivity index (χ1v) is 11.6. The fourth-order valence-electron chi connectivity index (χ4n) is 4.72. The van der Waals surface area contributed by atoms with Gasteiger partial charge in [0.05, 0.1) is 18.8 Å². The zero-order chi connectivity index (χ0) is 22.1. The van der Waals surface area contributed by atoms with Crippen LogP contribution < -0.4 is 4.74 Å². The SMILES string of the molecule is CCOC(=O)CCC[C@H]1CC[C@@H]2[C@@H](/C=C/[C@@H](O)COc3ccccc3)[C@H](O)C[C@@H]2OC1. The molecule has 1 saturated heterocycles. The second-order valence-corrected chi connectivity index (χ2v) is 8.63. The number of carbonyl (C=O) groups is 1. The minimum Gasteiger partial charge on any atom is -0.491 e. The molecule has 31 heavy (non-hydrogen) atoms. The number of hydrogen-bond donors (Lipinski definition) is 2. The molecule has 1 aromatic rings. The highest BCUT2D eigenvalue weighted by atomic mass is 16.5. The number of ether oxygens (including phenoxy) is 3. The van der Waals surface area contributed by atoms with Gasteiger partial charge in [-0.15, -0.1) is 0 Å². The van der Waals surface area contributed by atoms with Crippen molar-refractivity contribution in [2.75, 3.05) is 19.8 Å². The lowest BCUT2D eigenvalue weighted by Crippen LogP contribution is -2.22. The van der Waals surface area contributed by atoms with Gasteiger partial charge >= 0.3 is 5.97 Å². The van der Waals surface area contributed by atoms with Gasteiger partial charge in [0.1, 0.15) is 18.5 Å². The third-order valence-corrected chi connectivity index (χ3v) is 6.36. The van der Waals surface area contributed by atoms with E-state index in [0.717, 1.165) is 31.4 Å². The van der Waals surface area contributed by atoms with E-state index >= 15 is 0 Å². The van der Waals surface area contributed by atoms with E-state index in [2.05, 4.69) is 0 Å². The standard InChI is InChI=1S/C25H36O6/c1-2-29-25(28)10-6-7-18-11-13-22-21(23(27)15-24(22)31-16-18)14-12-19(26)17-30-20-8-4-3-5-9-20/h3-5,8-9,12,14,18-19,21-24,26-27H,2,6-7,10-11,13,15-17H2,1H3/b14-12+/t18-,19+,21+,22+,23+,24-/m0/s1. The molecule has 2 fully saturated rings. The Morgan fingerprint density at radius 3 is 2.87 bits per heavy atom. The van der Waals surface area contributed by atoms with Crippen molar-refractivity contribution >= 4 is 5.97 Å². The van der Waals surface area contributed by atoms with Crippen LogP contribution in [0.2, 0.25) is 0 Å². The van der Waals surface area contributed by atoms with E-state index in [9.17, 15) is 15.0 Å². The Morgan fingerprint density at radius 2 is 2.10 bits per heavy atom. The van der Waals surface area contributed by atoms with Gasteiger partial charge in [-0.3, -0.25) is 4.79 Å². The summed E-state index contributed by atoms with van der Waals surface area (Å²) in [6.07, 6.45) is 7.44. The summed E-state index contributed by atoms with van der Waals surface area (Å²) in [5, 5.41) is 20.8. The molecule has 1 aliphatic carbocycles. The van der Waals surface area contributed by atoms with E-state index in [4.69, 9.17) is 14.2 Å². The lowest BCUT2D eigenvalue weighted by atomic mass is 9.86. The Kier molecular flexibility index (Phi) is 9.37. The molecule has 2 aliphatic rings. The summed E-state index contributed by atoms with van der Waals surface area (Å²) >= 11 is 0. The van der Waals surface area contributed by atoms with Gasteiger partial charge in [0.25, 0.3) is 0 Å². The van der Waals surface area contributed by atoms with Gasteiger partial charge in [-0.25, -0.2) is 0 Å². The largest absolute Gasteiger partial charge is 0.491 e. The third kappa shape index (κ3) is 7.34. The Balaban J connectivity index is 1.45. The van der Waals surface area contributed by atoms with Gasteiger partial charge in [0.2, 0.25) is 0 Å². The Morgan fingerprint density at radius 1 is 1.29 bits per heavy atom. The monoisotopic (exact) mass is 432 g/mol. The summed E-state index contributed by atoms with van der Waals surface area (Å²) < 4.78 is 16.8. The second-order valence-electron chi connectivity index (χ2n) is 8.63. The number of fused-ring (bicyclic) bond motifs is 1. The molecule has 0 radical (unpaired) electrons. The molecule has 6 heteroatoms. The van der Waals surface area contributed by atoms with Gasteiger partial charge in [-0.1, -0.05) is 30.4 Å². The zero-order valence-electron chi connectivity index (χ0n) is 18.4. The number of rotatable bonds is 10. The molecule has 6 atom stereocenters. The minimum absolute atomic E-state index is 0.0188. The van der Waals surface area contributed by atoms with Crippen LogP contribution in [0, 0.1) is 17.8 Å². The molecular formula is C25H36O6. The molecule has 0 aromatic heterocycles. The smallest absolute Gasteiger partial charge is 0.305 e. The van der Waals surface area contributed by atoms with Crippen molar-refractivity contribution in [3.8, 4) is 5.75 Å². The highest BCUT2D eigenvalue weighted by molar-refractivity contribution is 5.69. The van der Waals surface area contributed by atoms with Crippen molar-refractivity contribution in [3.63, 3.8) is 0 Å². The van der Waals surface area contributed by atoms with Gasteiger partial charge in [-0.05, 0) is 56.6 Å². The number of benzene rings is 1. The first-order valence-electron chi connectivity index (χ1n) is 11.6. The van der Waals surface area contributed by atoms with Crippen LogP contribution in [0.15, 0.2) is 42.5 Å². The summed E-state index contributed by atoms with van der Waals surface area (Å²) in [5.41, 5.74) is 0. The number of aliphatic hydroxyl groups excluding tert-OH is 2. The van der Waals surface area contributed by atoms with Crippen LogP contribution in [-0.2, 0) is 14.3 Å². The van der Waals surface area contributed by atoms with E-state index < -0.39 is 12.2 Å². The fraction of sp³-hybridized carbons (Fsp3) is 0.640. The summed E-state index contributed by atoms with van der Waals surface area (Å²) in [6, 6.07) is 9.41. The average molecular weight is 433 g/mol. The zero-order valence-corrected chi connectivity index (χ0v) is 18.4. The van der Waals surface area contributed by atoms with Crippen molar-refractivity contribution in [2.45, 2.75) is 63.8 Å². The molecule has 1 aliphatic heterocycles. The maximum atomic E-state index is 11.5. The molecule has 1 heterocycles. The van der Waals surface area contributed by atoms with Crippen LogP contribution in [0.4, 0.5) is 0 Å². The number of para-hydroxylation sites is 1. The maximum absolute atomic E-state index is 11.5. The molecule has 2 N–H and O–H groups in total. The van der Waals surface area contributed by atoms with Crippen LogP contribution in [0.25, 0.3) is 0 Å². The number of carbonyl (C=O) groups excluding carboxylic acids is 1. The predicted octanol–water partition coefficient (Wildman–Crippen LogP) is 3.51. The van der Waals surface area contributed by atoms with E-state index in [-0.39, 0.29) is 30.5 Å². The Bertz CT molecular complexity index is 691. The first kappa shape index (κ1) is 23.8. The first-order chi connectivity index (χ1) is 15.1. The van der Waals surface area contributed by atoms with Gasteiger partial charge < -0.3 is 24.4 Å². The topological polar surface area (TPSA) is 85.2 Å². The molecule has 1 saturated carbocycles. The van der Waals surface area contributed by atoms with Crippen LogP contribution >= 0.6 is 0 Å². The molecule has 3 rings (SSSR count). The predicted molar refractivity (Wildman–Crippen MR) is 118 cm³/mol. The Labute approximate surface area is 185 Å². The molecular weight excluding hydrogens is 396 g/mol. The molecule has 0 amide bonds. The average Bonchev–Trinajstić information content (AvgIpc) is 2.93. The Hall–Kier alpha value is -1.89. The molecule has 172 valence electrons. The summed E-state index contributed by atoms with van der Waals surface area (Å²) in [4.78, 5) is 11.5. The molecule has 0 spiro atoms. The van der Waals surface area contributed by atoms with E-state index in [0.29, 0.717) is 32.0 Å². The van der Waals surface area contributed by atoms with E-state index in [1.807, 2.05) is 43.3 Å².